The van der Waals surface area contributed by atoms with Crippen molar-refractivity contribution in [3.05, 3.63) is 131 Å². The minimum atomic E-state index is -1.36. The molecule has 4 N–H and O–H groups in total. The molecule has 0 spiro atoms. The Morgan fingerprint density at radius 2 is 1.46 bits per heavy atom. The number of benzene rings is 4. The number of hydrogen-bond acceptors (Lipinski definition) is 8. The number of rotatable bonds is 16. The number of aliphatic hydroxyl groups excluding tert-OH is 1. The fourth-order valence-electron chi connectivity index (χ4n) is 5.64. The topological polar surface area (TPSA) is 154 Å². The highest BCUT2D eigenvalue weighted by Crippen LogP contribution is 2.46. The molecule has 1 fully saturated rings. The average Bonchev–Trinajstić information content (AvgIpc) is 3.14. The van der Waals surface area contributed by atoms with Crippen LogP contribution < -0.4 is 20.3 Å². The molecule has 0 bridgehead atoms. The highest BCUT2D eigenvalue weighted by Gasteiger charge is 2.49. The largest absolute Gasteiger partial charge is 0.484 e. The van der Waals surface area contributed by atoms with Gasteiger partial charge in [-0.25, -0.2) is 13.6 Å². The lowest BCUT2D eigenvalue weighted by Crippen LogP contribution is -2.57. The number of carboxylic acid groups (broad SMARTS) is 1. The van der Waals surface area contributed by atoms with E-state index in [-0.39, 0.29) is 18.3 Å². The average molecular weight is 762 g/mol. The summed E-state index contributed by atoms with van der Waals surface area (Å²) in [5.41, 5.74) is 1.50. The van der Waals surface area contributed by atoms with Gasteiger partial charge >= 0.3 is 5.97 Å². The number of ether oxygens (including phenoxy) is 2. The maximum Gasteiger partial charge on any atom is 0.328 e. The fourth-order valence-corrected chi connectivity index (χ4v) is 6.94. The van der Waals surface area contributed by atoms with Gasteiger partial charge in [-0.15, -0.1) is 11.8 Å². The van der Waals surface area contributed by atoms with Crippen molar-refractivity contribution in [2.24, 2.45) is 0 Å². The van der Waals surface area contributed by atoms with Gasteiger partial charge in [-0.2, -0.15) is 0 Å². The summed E-state index contributed by atoms with van der Waals surface area (Å²) >= 11 is 1.25. The van der Waals surface area contributed by atoms with Crippen molar-refractivity contribution in [1.82, 2.24) is 10.6 Å². The molecule has 54 heavy (non-hydrogen) atoms. The van der Waals surface area contributed by atoms with E-state index in [0.717, 1.165) is 0 Å². The third-order valence-electron chi connectivity index (χ3n) is 8.43. The van der Waals surface area contributed by atoms with E-state index in [9.17, 15) is 38.2 Å². The summed E-state index contributed by atoms with van der Waals surface area (Å²) in [6.07, 6.45) is -0.945. The smallest absolute Gasteiger partial charge is 0.328 e. The Hall–Kier alpha value is -5.31. The van der Waals surface area contributed by atoms with E-state index in [1.54, 1.807) is 80.3 Å². The van der Waals surface area contributed by atoms with Gasteiger partial charge < -0.3 is 35.2 Å². The van der Waals surface area contributed by atoms with Crippen LogP contribution in [0, 0.1) is 11.6 Å². The second-order valence-electron chi connectivity index (χ2n) is 13.5. The summed E-state index contributed by atoms with van der Waals surface area (Å²) in [7, 11) is 0. The normalized spacial score (nSPS) is 17.1. The Bertz CT molecular complexity index is 1910. The Balaban J connectivity index is 1.25. The number of amides is 3. The van der Waals surface area contributed by atoms with Crippen LogP contribution in [0.1, 0.15) is 55.6 Å². The van der Waals surface area contributed by atoms with Gasteiger partial charge in [-0.3, -0.25) is 14.4 Å². The number of nitrogens with zero attached hydrogens (tertiary/aromatic N) is 1. The van der Waals surface area contributed by atoms with Crippen molar-refractivity contribution in [3.8, 4) is 5.75 Å². The van der Waals surface area contributed by atoms with Gasteiger partial charge in [0.15, 0.2) is 12.6 Å². The van der Waals surface area contributed by atoms with Crippen molar-refractivity contribution in [3.63, 3.8) is 0 Å². The van der Waals surface area contributed by atoms with Crippen LogP contribution in [0.15, 0.2) is 103 Å². The molecule has 14 heteroatoms. The third-order valence-corrected chi connectivity index (χ3v) is 9.76. The van der Waals surface area contributed by atoms with Crippen LogP contribution in [0.25, 0.3) is 0 Å². The first-order valence-electron chi connectivity index (χ1n) is 17.1. The van der Waals surface area contributed by atoms with Crippen molar-refractivity contribution in [2.45, 2.75) is 55.9 Å². The minimum absolute atomic E-state index is 0.162. The van der Waals surface area contributed by atoms with Crippen molar-refractivity contribution in [1.29, 1.82) is 0 Å². The summed E-state index contributed by atoms with van der Waals surface area (Å²) < 4.78 is 38.4. The van der Waals surface area contributed by atoms with Crippen molar-refractivity contribution in [2.75, 3.05) is 23.9 Å². The number of β-lactam (4-membered cyclic amide) rings is 1. The number of anilines is 1. The van der Waals surface area contributed by atoms with Gasteiger partial charge in [0.25, 0.3) is 5.91 Å². The second kappa shape index (κ2) is 17.7. The number of carbonyl (C=O) groups is 4. The lowest BCUT2D eigenvalue weighted by molar-refractivity contribution is -0.145. The maximum absolute atomic E-state index is 13.7. The van der Waals surface area contributed by atoms with Gasteiger partial charge in [-0.05, 0) is 86.0 Å². The molecule has 5 atom stereocenters. The predicted octanol–water partition coefficient (Wildman–Crippen LogP) is 5.51. The van der Waals surface area contributed by atoms with Crippen molar-refractivity contribution < 1.29 is 47.6 Å². The second-order valence-corrected chi connectivity index (χ2v) is 14.7. The first-order valence-corrected chi connectivity index (χ1v) is 18.1. The molecule has 284 valence electrons. The summed E-state index contributed by atoms with van der Waals surface area (Å²) in [6.45, 7) is 4.51. The van der Waals surface area contributed by atoms with Crippen molar-refractivity contribution >= 4 is 41.1 Å². The highest BCUT2D eigenvalue weighted by atomic mass is 32.2. The van der Waals surface area contributed by atoms with E-state index >= 15 is 0 Å². The molecule has 0 aliphatic carbocycles. The first kappa shape index (κ1) is 39.9. The van der Waals surface area contributed by atoms with Crippen LogP contribution in [0.4, 0.5) is 14.5 Å². The number of nitrogens with one attached hydrogen (secondary N) is 2. The first-order chi connectivity index (χ1) is 25.7. The monoisotopic (exact) mass is 761 g/mol. The maximum atomic E-state index is 13.7. The van der Waals surface area contributed by atoms with Gasteiger partial charge in [0.05, 0.1) is 24.4 Å². The molecule has 1 aliphatic rings. The molecule has 2 unspecified atom stereocenters. The molecule has 11 nitrogen and oxygen atoms in total. The molecule has 5 rings (SSSR count). The standard InChI is InChI=1S/C40H41F2N3O8S/c1-40(2,3)53-21-31(39(50)51)43-37(48)34(25-7-5-4-6-8-25)44-33(47)22-52-30-19-11-26(12-20-30)35-36(38(49)45(35)29-17-15-28(42)16-18-29)54-23-32(46)24-9-13-27(41)14-10-24/h4-20,31-32,34-36,46H,21-23H2,1-3H3,(H,43,48)(H,44,47)(H,50,51)/t31-,32+,34-,35?,36?/m1/s1. The molecule has 0 aromatic heterocycles. The Morgan fingerprint density at radius 3 is 2.06 bits per heavy atom. The molecular formula is C40H41F2N3O8S. The molecule has 3 amide bonds. The van der Waals surface area contributed by atoms with Gasteiger partial charge in [0, 0.05) is 11.4 Å². The number of carbonyl (C=O) groups excluding carboxylic acids is 3. The molecule has 0 radical (unpaired) electrons. The lowest BCUT2D eigenvalue weighted by Gasteiger charge is -2.47. The molecule has 1 aliphatic heterocycles. The zero-order valence-electron chi connectivity index (χ0n) is 29.8. The van der Waals surface area contributed by atoms with Gasteiger partial charge in [0.2, 0.25) is 11.8 Å². The predicted molar refractivity (Wildman–Crippen MR) is 199 cm³/mol. The quantitative estimate of drug-likeness (QED) is 0.108. The van der Waals surface area contributed by atoms with Gasteiger partial charge in [0.1, 0.15) is 28.7 Å². The molecule has 0 saturated carbocycles. The number of halogens is 2. The van der Waals surface area contributed by atoms with E-state index < -0.39 is 71.1 Å². The minimum Gasteiger partial charge on any atom is -0.484 e. The molecule has 4 aromatic rings. The van der Waals surface area contributed by atoms with Crippen LogP contribution in [0.3, 0.4) is 0 Å². The third kappa shape index (κ3) is 10.4. The Labute approximate surface area is 315 Å². The zero-order valence-corrected chi connectivity index (χ0v) is 30.6. The molecule has 1 heterocycles. The van der Waals surface area contributed by atoms with E-state index in [1.807, 2.05) is 0 Å². The zero-order chi connectivity index (χ0) is 39.0. The highest BCUT2D eigenvalue weighted by molar-refractivity contribution is 8.00. The van der Waals surface area contributed by atoms with Crippen LogP contribution in [0.5, 0.6) is 5.75 Å². The van der Waals surface area contributed by atoms with E-state index in [4.69, 9.17) is 9.47 Å². The summed E-state index contributed by atoms with van der Waals surface area (Å²) in [5, 5.41) is 24.9. The lowest BCUT2D eigenvalue weighted by atomic mass is 9.92. The van der Waals surface area contributed by atoms with E-state index in [0.29, 0.717) is 28.1 Å². The number of carboxylic acids is 1. The number of hydrogen-bond donors (Lipinski definition) is 4. The van der Waals surface area contributed by atoms with Crippen LogP contribution >= 0.6 is 11.8 Å². The summed E-state index contributed by atoms with van der Waals surface area (Å²) in [6, 6.07) is 23.0. The van der Waals surface area contributed by atoms with Crippen LogP contribution in [-0.4, -0.2) is 69.8 Å². The number of aliphatic carboxylic acids is 1. The molecule has 1 saturated heterocycles. The molecular weight excluding hydrogens is 721 g/mol. The van der Waals surface area contributed by atoms with Crippen LogP contribution in [0.2, 0.25) is 0 Å². The number of aliphatic hydroxyl groups is 1. The fraction of sp³-hybridized carbons (Fsp3) is 0.300. The van der Waals surface area contributed by atoms with Gasteiger partial charge in [-0.1, -0.05) is 54.6 Å². The Kier molecular flexibility index (Phi) is 13.1. The Morgan fingerprint density at radius 1 is 0.852 bits per heavy atom. The molecule has 4 aromatic carbocycles. The summed E-state index contributed by atoms with van der Waals surface area (Å²) in [4.78, 5) is 53.3. The number of thioether (sulfide) groups is 1. The van der Waals surface area contributed by atoms with E-state index in [1.165, 1.54) is 60.3 Å². The van der Waals surface area contributed by atoms with E-state index in [2.05, 4.69) is 10.6 Å². The summed E-state index contributed by atoms with van der Waals surface area (Å²) in [5.74, 6) is -3.32. The van der Waals surface area contributed by atoms with Crippen LogP contribution in [-0.2, 0) is 23.9 Å². The SMILES string of the molecule is CC(C)(C)OC[C@@H](NC(=O)[C@H](NC(=O)COc1ccc(C2C(SC[C@H](O)c3ccc(F)cc3)C(=O)N2c2ccc(F)cc2)cc1)c1ccccc1)C(=O)O.